The van der Waals surface area contributed by atoms with Crippen molar-refractivity contribution in [2.24, 2.45) is 0 Å². The van der Waals surface area contributed by atoms with Gasteiger partial charge in [-0.25, -0.2) is 4.98 Å². The molecule has 1 aliphatic rings. The van der Waals surface area contributed by atoms with E-state index in [1.165, 1.54) is 12.8 Å². The maximum atomic E-state index is 9.09. The van der Waals surface area contributed by atoms with Crippen molar-refractivity contribution >= 4 is 23.6 Å². The molecule has 2 aromatic rings. The third kappa shape index (κ3) is 1.44. The Kier molecular flexibility index (Phi) is 1.84. The number of aromatic nitrogens is 2. The minimum absolute atomic E-state index is 0.518. The molecule has 1 heterocycles. The molecule has 0 bridgehead atoms. The van der Waals surface area contributed by atoms with Gasteiger partial charge < -0.3 is 14.6 Å². The van der Waals surface area contributed by atoms with E-state index >= 15 is 0 Å². The van der Waals surface area contributed by atoms with E-state index < -0.39 is 7.12 Å². The first-order valence-electron chi connectivity index (χ1n) is 5.08. The Morgan fingerprint density at radius 1 is 1.33 bits per heavy atom. The number of imidazole rings is 1. The van der Waals surface area contributed by atoms with Gasteiger partial charge >= 0.3 is 7.12 Å². The predicted molar refractivity (Wildman–Crippen MR) is 57.8 cm³/mol. The maximum absolute atomic E-state index is 9.09. The molecule has 0 unspecified atom stereocenters. The van der Waals surface area contributed by atoms with Crippen molar-refractivity contribution in [2.75, 3.05) is 0 Å². The molecule has 4 nitrogen and oxygen atoms in total. The highest BCUT2D eigenvalue weighted by molar-refractivity contribution is 6.58. The van der Waals surface area contributed by atoms with E-state index in [9.17, 15) is 0 Å². The lowest BCUT2D eigenvalue weighted by Crippen LogP contribution is -2.29. The zero-order chi connectivity index (χ0) is 10.4. The monoisotopic (exact) mass is 202 g/mol. The minimum Gasteiger partial charge on any atom is -0.423 e. The van der Waals surface area contributed by atoms with Crippen molar-refractivity contribution in [3.05, 3.63) is 24.5 Å². The highest BCUT2D eigenvalue weighted by Gasteiger charge is 2.25. The highest BCUT2D eigenvalue weighted by Crippen LogP contribution is 2.36. The van der Waals surface area contributed by atoms with Crippen molar-refractivity contribution in [1.29, 1.82) is 0 Å². The molecule has 0 atom stereocenters. The lowest BCUT2D eigenvalue weighted by molar-refractivity contribution is 0.426. The molecule has 1 saturated carbocycles. The number of hydrogen-bond acceptors (Lipinski definition) is 3. The summed E-state index contributed by atoms with van der Waals surface area (Å²) in [5.74, 6) is 0. The van der Waals surface area contributed by atoms with Gasteiger partial charge in [-0.1, -0.05) is 6.07 Å². The molecule has 0 aliphatic heterocycles. The summed E-state index contributed by atoms with van der Waals surface area (Å²) in [6.07, 6.45) is 4.21. The third-order valence-corrected chi connectivity index (χ3v) is 2.84. The van der Waals surface area contributed by atoms with E-state index in [0.29, 0.717) is 11.5 Å². The van der Waals surface area contributed by atoms with Crippen molar-refractivity contribution < 1.29 is 10.0 Å². The summed E-state index contributed by atoms with van der Waals surface area (Å²) in [7, 11) is -1.41. The Bertz CT molecular complexity index is 505. The lowest BCUT2D eigenvalue weighted by atomic mass is 9.80. The summed E-state index contributed by atoms with van der Waals surface area (Å²) >= 11 is 0. The number of fused-ring (bicyclic) bond motifs is 1. The Balaban J connectivity index is 2.17. The molecule has 2 N–H and O–H groups in total. The second kappa shape index (κ2) is 3.08. The molecule has 0 spiro atoms. The van der Waals surface area contributed by atoms with Gasteiger partial charge in [0.1, 0.15) is 0 Å². The molecule has 1 aromatic carbocycles. The van der Waals surface area contributed by atoms with E-state index in [4.69, 9.17) is 10.0 Å². The summed E-state index contributed by atoms with van der Waals surface area (Å²) in [5, 5.41) is 18.2. The number of rotatable bonds is 2. The largest absolute Gasteiger partial charge is 0.488 e. The van der Waals surface area contributed by atoms with Crippen LogP contribution >= 0.6 is 0 Å². The van der Waals surface area contributed by atoms with Crippen LogP contribution in [0.2, 0.25) is 0 Å². The van der Waals surface area contributed by atoms with Crippen molar-refractivity contribution in [3.8, 4) is 0 Å². The molecule has 0 radical (unpaired) electrons. The van der Waals surface area contributed by atoms with Gasteiger partial charge in [0.05, 0.1) is 17.4 Å². The van der Waals surface area contributed by atoms with E-state index in [0.717, 1.165) is 11.0 Å². The minimum atomic E-state index is -1.41. The zero-order valence-electron chi connectivity index (χ0n) is 8.17. The van der Waals surface area contributed by atoms with Crippen molar-refractivity contribution in [3.63, 3.8) is 0 Å². The standard InChI is InChI=1S/C10H11BN2O2/c14-11(15)7-1-4-9-10(5-7)13(6-12-9)8-2-3-8/h1,4-6,8,14-15H,2-3H2. The average Bonchev–Trinajstić information content (AvgIpc) is 2.98. The summed E-state index contributed by atoms with van der Waals surface area (Å²) in [4.78, 5) is 4.28. The fraction of sp³-hybridized carbons (Fsp3) is 0.300. The fourth-order valence-corrected chi connectivity index (χ4v) is 1.85. The molecule has 1 fully saturated rings. The molecule has 0 saturated heterocycles. The Morgan fingerprint density at radius 2 is 2.13 bits per heavy atom. The molecular weight excluding hydrogens is 191 g/mol. The number of benzene rings is 1. The van der Waals surface area contributed by atoms with E-state index in [1.807, 2.05) is 12.4 Å². The van der Waals surface area contributed by atoms with Crippen molar-refractivity contribution in [2.45, 2.75) is 18.9 Å². The zero-order valence-corrected chi connectivity index (χ0v) is 8.17. The first-order chi connectivity index (χ1) is 7.25. The topological polar surface area (TPSA) is 58.3 Å². The van der Waals surface area contributed by atoms with Gasteiger partial charge in [0.15, 0.2) is 0 Å². The SMILES string of the molecule is OB(O)c1ccc2ncn(C3CC3)c2c1. The van der Waals surface area contributed by atoms with Crippen LogP contribution in [0.15, 0.2) is 24.5 Å². The summed E-state index contributed by atoms with van der Waals surface area (Å²) in [5.41, 5.74) is 2.42. The lowest BCUT2D eigenvalue weighted by Gasteiger charge is -2.03. The second-order valence-electron chi connectivity index (χ2n) is 4.00. The van der Waals surface area contributed by atoms with Gasteiger partial charge in [-0.15, -0.1) is 0 Å². The van der Waals surface area contributed by atoms with E-state index in [-0.39, 0.29) is 0 Å². The van der Waals surface area contributed by atoms with Crippen LogP contribution in [-0.4, -0.2) is 26.7 Å². The van der Waals surface area contributed by atoms with Crippen LogP contribution < -0.4 is 5.46 Å². The molecule has 3 rings (SSSR count). The van der Waals surface area contributed by atoms with Crippen LogP contribution in [0.4, 0.5) is 0 Å². The van der Waals surface area contributed by atoms with Gasteiger partial charge in [-0.05, 0) is 30.4 Å². The predicted octanol–water partition coefficient (Wildman–Crippen LogP) is 0.0510. The molecular formula is C10H11BN2O2. The summed E-state index contributed by atoms with van der Waals surface area (Å²) in [6.45, 7) is 0. The van der Waals surface area contributed by atoms with E-state index in [2.05, 4.69) is 9.55 Å². The smallest absolute Gasteiger partial charge is 0.423 e. The third-order valence-electron chi connectivity index (χ3n) is 2.84. The van der Waals surface area contributed by atoms with Gasteiger partial charge in [0, 0.05) is 6.04 Å². The quantitative estimate of drug-likeness (QED) is 0.676. The maximum Gasteiger partial charge on any atom is 0.488 e. The number of hydrogen-bond donors (Lipinski definition) is 2. The van der Waals surface area contributed by atoms with Gasteiger partial charge in [-0.2, -0.15) is 0 Å². The first-order valence-corrected chi connectivity index (χ1v) is 5.08. The summed E-state index contributed by atoms with van der Waals surface area (Å²) in [6, 6.07) is 5.87. The highest BCUT2D eigenvalue weighted by atomic mass is 16.4. The van der Waals surface area contributed by atoms with Gasteiger partial charge in [0.25, 0.3) is 0 Å². The summed E-state index contributed by atoms with van der Waals surface area (Å²) < 4.78 is 2.11. The van der Waals surface area contributed by atoms with Gasteiger partial charge in [-0.3, -0.25) is 0 Å². The second-order valence-corrected chi connectivity index (χ2v) is 4.00. The average molecular weight is 202 g/mol. The normalized spacial score (nSPS) is 15.9. The van der Waals surface area contributed by atoms with E-state index in [1.54, 1.807) is 12.1 Å². The van der Waals surface area contributed by atoms with Crippen LogP contribution in [-0.2, 0) is 0 Å². The van der Waals surface area contributed by atoms with Gasteiger partial charge in [0.2, 0.25) is 0 Å². The van der Waals surface area contributed by atoms with Crippen molar-refractivity contribution in [1.82, 2.24) is 9.55 Å². The fourth-order valence-electron chi connectivity index (χ4n) is 1.85. The molecule has 5 heteroatoms. The number of nitrogens with zero attached hydrogens (tertiary/aromatic N) is 2. The molecule has 15 heavy (non-hydrogen) atoms. The first kappa shape index (κ1) is 8.94. The van der Waals surface area contributed by atoms with Crippen LogP contribution in [0, 0.1) is 0 Å². The van der Waals surface area contributed by atoms with Crippen LogP contribution in [0.1, 0.15) is 18.9 Å². The molecule has 76 valence electrons. The van der Waals surface area contributed by atoms with Crippen LogP contribution in [0.3, 0.4) is 0 Å². The Morgan fingerprint density at radius 3 is 2.80 bits per heavy atom. The molecule has 0 amide bonds. The molecule has 1 aliphatic carbocycles. The Labute approximate surface area is 87.3 Å². The van der Waals surface area contributed by atoms with Crippen LogP contribution in [0.5, 0.6) is 0 Å². The molecule has 1 aromatic heterocycles. The van der Waals surface area contributed by atoms with Crippen LogP contribution in [0.25, 0.3) is 11.0 Å². The Hall–Kier alpha value is -1.33.